The van der Waals surface area contributed by atoms with Gasteiger partial charge in [-0.2, -0.15) is 5.26 Å². The highest BCUT2D eigenvalue weighted by molar-refractivity contribution is 5.81. The zero-order valence-corrected chi connectivity index (χ0v) is 10.9. The minimum atomic E-state index is -0.597. The molecule has 1 heterocycles. The molecule has 1 aliphatic rings. The molecule has 1 atom stereocenters. The van der Waals surface area contributed by atoms with Gasteiger partial charge in [0.2, 0.25) is 5.91 Å². The molecule has 1 amide bonds. The Kier molecular flexibility index (Phi) is 4.93. The zero-order chi connectivity index (χ0) is 13.5. The van der Waals surface area contributed by atoms with E-state index in [1.807, 2.05) is 30.3 Å². The smallest absolute Gasteiger partial charge is 0.240 e. The van der Waals surface area contributed by atoms with Gasteiger partial charge in [-0.25, -0.2) is 0 Å². The lowest BCUT2D eigenvalue weighted by molar-refractivity contribution is -0.133. The van der Waals surface area contributed by atoms with E-state index in [1.165, 1.54) is 0 Å². The summed E-state index contributed by atoms with van der Waals surface area (Å²) in [6.07, 6.45) is 1.32. The number of carbonyl (C=O) groups excluding carboxylic acids is 1. The summed E-state index contributed by atoms with van der Waals surface area (Å²) in [5.74, 6) is -0.669. The lowest BCUT2D eigenvalue weighted by atomic mass is 9.99. The maximum atomic E-state index is 12.3. The highest BCUT2D eigenvalue weighted by Crippen LogP contribution is 2.12. The first-order chi connectivity index (χ1) is 9.31. The number of amides is 1. The summed E-state index contributed by atoms with van der Waals surface area (Å²) in [6, 6.07) is 11.8. The van der Waals surface area contributed by atoms with E-state index < -0.39 is 5.92 Å². The first kappa shape index (κ1) is 13.6. The quantitative estimate of drug-likeness (QED) is 0.827. The van der Waals surface area contributed by atoms with Gasteiger partial charge in [0.1, 0.15) is 5.92 Å². The third-order valence-electron chi connectivity index (χ3n) is 3.27. The number of nitrogens with zero attached hydrogens (tertiary/aromatic N) is 2. The van der Waals surface area contributed by atoms with Crippen LogP contribution in [-0.4, -0.2) is 37.1 Å². The third-order valence-corrected chi connectivity index (χ3v) is 3.27. The highest BCUT2D eigenvalue weighted by atomic mass is 16.5. The second-order valence-electron chi connectivity index (χ2n) is 4.66. The first-order valence-electron chi connectivity index (χ1n) is 6.61. The fourth-order valence-electron chi connectivity index (χ4n) is 2.22. The van der Waals surface area contributed by atoms with E-state index in [9.17, 15) is 10.1 Å². The number of hydrogen-bond donors (Lipinski definition) is 0. The molecule has 1 aliphatic heterocycles. The average Bonchev–Trinajstić information content (AvgIpc) is 2.74. The summed E-state index contributed by atoms with van der Waals surface area (Å²) in [6.45, 7) is 2.53. The molecule has 19 heavy (non-hydrogen) atoms. The van der Waals surface area contributed by atoms with Crippen LogP contribution in [0.25, 0.3) is 0 Å². The lowest BCUT2D eigenvalue weighted by Gasteiger charge is -2.22. The van der Waals surface area contributed by atoms with Gasteiger partial charge in [-0.1, -0.05) is 30.3 Å². The Bertz CT molecular complexity index is 445. The molecule has 0 bridgehead atoms. The fraction of sp³-hybridized carbons (Fsp3) is 0.467. The van der Waals surface area contributed by atoms with Crippen LogP contribution in [0.4, 0.5) is 0 Å². The van der Waals surface area contributed by atoms with Crippen LogP contribution in [0, 0.1) is 17.2 Å². The van der Waals surface area contributed by atoms with Crippen LogP contribution < -0.4 is 0 Å². The summed E-state index contributed by atoms with van der Waals surface area (Å²) in [5, 5.41) is 9.23. The zero-order valence-electron chi connectivity index (χ0n) is 10.9. The van der Waals surface area contributed by atoms with Crippen molar-refractivity contribution in [3.8, 4) is 6.07 Å². The van der Waals surface area contributed by atoms with Crippen LogP contribution in [0.1, 0.15) is 12.0 Å². The van der Waals surface area contributed by atoms with E-state index in [2.05, 4.69) is 6.07 Å². The Labute approximate surface area is 113 Å². The molecule has 4 nitrogen and oxygen atoms in total. The Morgan fingerprint density at radius 1 is 1.32 bits per heavy atom. The van der Waals surface area contributed by atoms with E-state index in [4.69, 9.17) is 4.74 Å². The molecule has 0 saturated carbocycles. The van der Waals surface area contributed by atoms with E-state index in [0.29, 0.717) is 32.7 Å². The van der Waals surface area contributed by atoms with Gasteiger partial charge in [0, 0.05) is 19.7 Å². The fourth-order valence-corrected chi connectivity index (χ4v) is 2.22. The van der Waals surface area contributed by atoms with E-state index >= 15 is 0 Å². The Morgan fingerprint density at radius 3 is 2.84 bits per heavy atom. The van der Waals surface area contributed by atoms with Crippen LogP contribution in [0.3, 0.4) is 0 Å². The van der Waals surface area contributed by atoms with Gasteiger partial charge in [-0.15, -0.1) is 0 Å². The van der Waals surface area contributed by atoms with Crippen molar-refractivity contribution in [2.45, 2.75) is 12.8 Å². The molecule has 100 valence electrons. The van der Waals surface area contributed by atoms with Crippen molar-refractivity contribution in [2.75, 3.05) is 26.3 Å². The Morgan fingerprint density at radius 2 is 2.11 bits per heavy atom. The normalized spacial score (nSPS) is 17.3. The molecule has 0 radical (unpaired) electrons. The summed E-state index contributed by atoms with van der Waals surface area (Å²) in [7, 11) is 0. The summed E-state index contributed by atoms with van der Waals surface area (Å²) in [5.41, 5.74) is 1.02. The van der Waals surface area contributed by atoms with Crippen LogP contribution in [0.2, 0.25) is 0 Å². The van der Waals surface area contributed by atoms with Gasteiger partial charge in [-0.05, 0) is 18.4 Å². The minimum absolute atomic E-state index is 0.0724. The molecule has 1 saturated heterocycles. The molecule has 1 fully saturated rings. The Hall–Kier alpha value is -1.86. The molecule has 2 rings (SSSR count). The lowest BCUT2D eigenvalue weighted by Crippen LogP contribution is -2.38. The molecule has 0 N–H and O–H groups in total. The van der Waals surface area contributed by atoms with Crippen molar-refractivity contribution in [3.05, 3.63) is 35.9 Å². The van der Waals surface area contributed by atoms with E-state index in [-0.39, 0.29) is 5.91 Å². The van der Waals surface area contributed by atoms with Crippen LogP contribution in [0.5, 0.6) is 0 Å². The first-order valence-corrected chi connectivity index (χ1v) is 6.61. The number of benzene rings is 1. The molecule has 4 heteroatoms. The molecule has 1 aromatic carbocycles. The van der Waals surface area contributed by atoms with Crippen molar-refractivity contribution >= 4 is 5.91 Å². The van der Waals surface area contributed by atoms with Gasteiger partial charge in [0.15, 0.2) is 0 Å². The van der Waals surface area contributed by atoms with Gasteiger partial charge in [0.05, 0.1) is 12.7 Å². The van der Waals surface area contributed by atoms with Crippen molar-refractivity contribution in [1.82, 2.24) is 4.90 Å². The number of rotatable bonds is 3. The topological polar surface area (TPSA) is 53.3 Å². The van der Waals surface area contributed by atoms with Crippen molar-refractivity contribution < 1.29 is 9.53 Å². The maximum Gasteiger partial charge on any atom is 0.240 e. The van der Waals surface area contributed by atoms with Gasteiger partial charge in [-0.3, -0.25) is 4.79 Å². The number of ether oxygens (including phenoxy) is 1. The van der Waals surface area contributed by atoms with Crippen LogP contribution in [0.15, 0.2) is 30.3 Å². The second-order valence-corrected chi connectivity index (χ2v) is 4.66. The summed E-state index contributed by atoms with van der Waals surface area (Å²) < 4.78 is 5.33. The van der Waals surface area contributed by atoms with Crippen LogP contribution >= 0.6 is 0 Å². The molecule has 1 aromatic rings. The van der Waals surface area contributed by atoms with Crippen molar-refractivity contribution in [3.63, 3.8) is 0 Å². The molecule has 0 aromatic heterocycles. The van der Waals surface area contributed by atoms with E-state index in [1.54, 1.807) is 4.90 Å². The number of hydrogen-bond acceptors (Lipinski definition) is 3. The number of carbonyl (C=O) groups is 1. The number of nitriles is 1. The minimum Gasteiger partial charge on any atom is -0.380 e. The molecule has 0 aliphatic carbocycles. The van der Waals surface area contributed by atoms with E-state index in [0.717, 1.165) is 12.0 Å². The molecule has 0 spiro atoms. The van der Waals surface area contributed by atoms with Crippen molar-refractivity contribution in [2.24, 2.45) is 5.92 Å². The monoisotopic (exact) mass is 258 g/mol. The second kappa shape index (κ2) is 6.91. The standard InChI is InChI=1S/C15H18N2O2/c16-12-14(11-13-5-2-1-3-6-13)15(18)17-7-4-9-19-10-8-17/h1-3,5-6,14H,4,7-11H2. The maximum absolute atomic E-state index is 12.3. The SMILES string of the molecule is N#CC(Cc1ccccc1)C(=O)N1CCCOCC1. The molecule has 1 unspecified atom stereocenters. The van der Waals surface area contributed by atoms with Gasteiger partial charge >= 0.3 is 0 Å². The summed E-state index contributed by atoms with van der Waals surface area (Å²) in [4.78, 5) is 14.1. The van der Waals surface area contributed by atoms with Gasteiger partial charge < -0.3 is 9.64 Å². The summed E-state index contributed by atoms with van der Waals surface area (Å²) >= 11 is 0. The third kappa shape index (κ3) is 3.80. The van der Waals surface area contributed by atoms with Crippen LogP contribution in [-0.2, 0) is 16.0 Å². The average molecular weight is 258 g/mol. The molecular formula is C15H18N2O2. The van der Waals surface area contributed by atoms with Gasteiger partial charge in [0.25, 0.3) is 0 Å². The highest BCUT2D eigenvalue weighted by Gasteiger charge is 2.25. The molecular weight excluding hydrogens is 240 g/mol. The van der Waals surface area contributed by atoms with Crippen molar-refractivity contribution in [1.29, 1.82) is 5.26 Å². The largest absolute Gasteiger partial charge is 0.380 e. The predicted molar refractivity (Wildman–Crippen MR) is 71.3 cm³/mol. The predicted octanol–water partition coefficient (Wildman–Crippen LogP) is 1.62. The Balaban J connectivity index is 2.00.